The maximum atomic E-state index is 13.8. The van der Waals surface area contributed by atoms with E-state index >= 15 is 0 Å². The summed E-state index contributed by atoms with van der Waals surface area (Å²) in [5.41, 5.74) is 13.9. The Morgan fingerprint density at radius 1 is 0.471 bits per heavy atom. The van der Waals surface area contributed by atoms with Crippen molar-refractivity contribution in [1.82, 2.24) is 67.6 Å². The lowest BCUT2D eigenvalue weighted by Crippen LogP contribution is -2.38. The molecular formula is C81H96N18O3. The van der Waals surface area contributed by atoms with Gasteiger partial charge in [0, 0.05) is 172 Å². The highest BCUT2D eigenvalue weighted by Gasteiger charge is 2.36. The van der Waals surface area contributed by atoms with E-state index in [-0.39, 0.29) is 41.8 Å². The predicted octanol–water partition coefficient (Wildman–Crippen LogP) is 14.4. The van der Waals surface area contributed by atoms with Gasteiger partial charge in [0.1, 0.15) is 17.5 Å². The van der Waals surface area contributed by atoms with Crippen molar-refractivity contribution >= 4 is 73.9 Å². The van der Waals surface area contributed by atoms with Crippen LogP contribution < -0.4 is 14.7 Å². The minimum absolute atomic E-state index is 0.00429. The number of hydrogen-bond acceptors (Lipinski definition) is 13. The fourth-order valence-electron chi connectivity index (χ4n) is 16.7. The molecular weight excluding hydrogens is 1270 g/mol. The summed E-state index contributed by atoms with van der Waals surface area (Å²) >= 11 is 0. The summed E-state index contributed by atoms with van der Waals surface area (Å²) < 4.78 is 9.77. The van der Waals surface area contributed by atoms with E-state index in [2.05, 4.69) is 114 Å². The third kappa shape index (κ3) is 13.3. The van der Waals surface area contributed by atoms with Crippen molar-refractivity contribution in [3.63, 3.8) is 0 Å². The van der Waals surface area contributed by atoms with Gasteiger partial charge in [0.05, 0.1) is 47.2 Å². The van der Waals surface area contributed by atoms with E-state index in [4.69, 9.17) is 30.2 Å². The van der Waals surface area contributed by atoms with Gasteiger partial charge in [0.2, 0.25) is 0 Å². The molecule has 8 aromatic heterocycles. The van der Waals surface area contributed by atoms with Crippen LogP contribution in [0.15, 0.2) is 122 Å². The SMILES string of the molecule is Cc1cn2nc([C@@H]3CCCCN3C(=O)c3ccc4ccn(C)c4c3)cc2nc1N1CC[C@H](C)C1.Cc1cn2nc([C@@H]3CCCCN3C(=O)c3cccc(C(C)C#N)c3)cc2nc1N1CC[C@H](C)C1.Cc1cn2nc([C@@H]3CCCCN3C(=O)c3cccc4c3ccn4C)cc2nc1N1CC[C@H](C)C1. The molecule has 0 radical (unpaired) electrons. The molecule has 6 aliphatic heterocycles. The van der Waals surface area contributed by atoms with Gasteiger partial charge < -0.3 is 38.5 Å². The molecule has 6 fully saturated rings. The minimum Gasteiger partial charge on any atom is -0.356 e. The van der Waals surface area contributed by atoms with Gasteiger partial charge in [-0.3, -0.25) is 14.4 Å². The first-order chi connectivity index (χ1) is 49.4. The summed E-state index contributed by atoms with van der Waals surface area (Å²) in [6, 6.07) is 32.0. The van der Waals surface area contributed by atoms with Crippen molar-refractivity contribution in [1.29, 1.82) is 5.26 Å². The number of nitriles is 1. The van der Waals surface area contributed by atoms with Crippen LogP contribution >= 0.6 is 0 Å². The molecule has 1 unspecified atom stereocenters. The second-order valence-corrected chi connectivity index (χ2v) is 30.2. The number of amides is 3. The number of hydrogen-bond donors (Lipinski definition) is 0. The molecule has 0 bridgehead atoms. The van der Waals surface area contributed by atoms with Crippen molar-refractivity contribution in [2.24, 2.45) is 31.8 Å². The molecule has 0 saturated carbocycles. The molecule has 0 spiro atoms. The third-order valence-electron chi connectivity index (χ3n) is 22.5. The molecule has 17 rings (SSSR count). The van der Waals surface area contributed by atoms with Crippen LogP contribution in [0.5, 0.6) is 0 Å². The van der Waals surface area contributed by atoms with Crippen LogP contribution in [0, 0.1) is 49.9 Å². The monoisotopic (exact) mass is 1370 g/mol. The van der Waals surface area contributed by atoms with Crippen molar-refractivity contribution in [2.45, 2.75) is 150 Å². The molecule has 528 valence electrons. The Kier molecular flexibility index (Phi) is 18.8. The average molecular weight is 1370 g/mol. The predicted molar refractivity (Wildman–Crippen MR) is 400 cm³/mol. The quantitative estimate of drug-likeness (QED) is 0.126. The number of piperidine rings is 3. The first-order valence-electron chi connectivity index (χ1n) is 37.3. The summed E-state index contributed by atoms with van der Waals surface area (Å²) in [6.45, 7) is 23.6. The number of carbonyl (C=O) groups excluding carboxylic acids is 3. The smallest absolute Gasteiger partial charge is 0.255 e. The van der Waals surface area contributed by atoms with Gasteiger partial charge in [-0.2, -0.15) is 20.6 Å². The van der Waals surface area contributed by atoms with Crippen LogP contribution in [0.1, 0.15) is 199 Å². The molecule has 7 atom stereocenters. The van der Waals surface area contributed by atoms with Crippen molar-refractivity contribution < 1.29 is 14.4 Å². The van der Waals surface area contributed by atoms with E-state index < -0.39 is 0 Å². The van der Waals surface area contributed by atoms with E-state index in [9.17, 15) is 19.6 Å². The number of aromatic nitrogens is 11. The molecule has 0 aliphatic carbocycles. The van der Waals surface area contributed by atoms with E-state index in [1.54, 1.807) is 0 Å². The Labute approximate surface area is 597 Å². The standard InChI is InChI=1S/3C27H32N6O/c1-18-10-14-31(16-18)26-19(2)17-33-25(28-26)15-22(29-33)24-8-4-5-12-32(24)27(34)21-7-6-9-23-20(21)11-13-30(23)3;1-18-9-13-31(16-18)26-19(2)17-33-25(28-26)15-22(29-33)23-6-4-5-11-32(23)27(34)21-8-7-20-10-12-30(3)24(20)14-21;1-18-10-12-31(16-18)26-20(3)17-33-25(29-26)14-23(30-33)24-9-4-5-11-32(24)27(34)22-8-6-7-21(13-22)19(2)15-28/h6-7,9,11,13,15,17-18,24H,4-5,8,10,12,14,16H2,1-3H3;7-8,10,12,14-15,17-18,23H,4-6,9,11,13,16H2,1-3H3;6-8,13-14,17-19,24H,4-5,9-12,16H2,1-3H3/t18-,24-;18-,23-;18-,19?,24-/m000/s1. The Balaban J connectivity index is 0.000000124. The van der Waals surface area contributed by atoms with E-state index in [0.29, 0.717) is 29.9 Å². The Bertz CT molecular complexity index is 5000. The van der Waals surface area contributed by atoms with Crippen LogP contribution in [0.25, 0.3) is 38.7 Å². The Hall–Kier alpha value is -10.1. The number of carbonyl (C=O) groups is 3. The number of aryl methyl sites for hydroxylation is 5. The van der Waals surface area contributed by atoms with E-state index in [0.717, 1.165) is 217 Å². The van der Waals surface area contributed by atoms with Crippen LogP contribution in [0.2, 0.25) is 0 Å². The molecule has 102 heavy (non-hydrogen) atoms. The van der Waals surface area contributed by atoms with Gasteiger partial charge in [-0.1, -0.05) is 45.0 Å². The van der Waals surface area contributed by atoms with Gasteiger partial charge in [-0.15, -0.1) is 0 Å². The highest BCUT2D eigenvalue weighted by atomic mass is 16.2. The Morgan fingerprint density at radius 2 is 0.902 bits per heavy atom. The molecule has 6 aliphatic rings. The number of nitrogens with zero attached hydrogens (tertiary/aromatic N) is 18. The largest absolute Gasteiger partial charge is 0.356 e. The maximum absolute atomic E-state index is 13.8. The molecule has 21 heteroatoms. The fourth-order valence-corrected chi connectivity index (χ4v) is 16.7. The first-order valence-corrected chi connectivity index (χ1v) is 37.3. The number of fused-ring (bicyclic) bond motifs is 5. The first kappa shape index (κ1) is 67.7. The second-order valence-electron chi connectivity index (χ2n) is 30.2. The highest BCUT2D eigenvalue weighted by molar-refractivity contribution is 6.07. The van der Waals surface area contributed by atoms with Crippen molar-refractivity contribution in [3.05, 3.63) is 178 Å². The molecule has 14 heterocycles. The summed E-state index contributed by atoms with van der Waals surface area (Å²) in [6.07, 6.45) is 22.9. The lowest BCUT2D eigenvalue weighted by atomic mass is 9.96. The lowest BCUT2D eigenvalue weighted by molar-refractivity contribution is 0.0599. The number of rotatable bonds is 10. The van der Waals surface area contributed by atoms with Crippen LogP contribution in [0.4, 0.5) is 17.5 Å². The molecule has 0 N–H and O–H groups in total. The number of likely N-dealkylation sites (tertiary alicyclic amines) is 3. The van der Waals surface area contributed by atoms with Gasteiger partial charge in [0.25, 0.3) is 17.7 Å². The van der Waals surface area contributed by atoms with Gasteiger partial charge in [-0.05, 0) is 182 Å². The summed E-state index contributed by atoms with van der Waals surface area (Å²) in [5.74, 6) is 5.21. The highest BCUT2D eigenvalue weighted by Crippen LogP contribution is 2.39. The minimum atomic E-state index is -0.245. The fraction of sp³-hybridized carbons (Fsp3) is 0.457. The zero-order chi connectivity index (χ0) is 70.6. The van der Waals surface area contributed by atoms with Crippen LogP contribution in [-0.2, 0) is 14.1 Å². The lowest BCUT2D eigenvalue weighted by Gasteiger charge is -2.35. The topological polar surface area (TPSA) is 195 Å². The summed E-state index contributed by atoms with van der Waals surface area (Å²) in [5, 5.41) is 26.1. The van der Waals surface area contributed by atoms with Crippen molar-refractivity contribution in [3.8, 4) is 6.07 Å². The Morgan fingerprint density at radius 3 is 1.35 bits per heavy atom. The molecule has 3 amide bonds. The number of benzene rings is 3. The zero-order valence-electron chi connectivity index (χ0n) is 60.7. The third-order valence-corrected chi connectivity index (χ3v) is 22.5. The zero-order valence-corrected chi connectivity index (χ0v) is 60.7. The maximum Gasteiger partial charge on any atom is 0.255 e. The van der Waals surface area contributed by atoms with E-state index in [1.165, 1.54) is 19.3 Å². The molecule has 21 nitrogen and oxygen atoms in total. The summed E-state index contributed by atoms with van der Waals surface area (Å²) in [7, 11) is 4.03. The van der Waals surface area contributed by atoms with Gasteiger partial charge >= 0.3 is 0 Å². The van der Waals surface area contributed by atoms with Gasteiger partial charge in [-0.25, -0.2) is 28.5 Å². The molecule has 3 aromatic carbocycles. The molecule has 11 aromatic rings. The number of anilines is 3. The normalized spacial score (nSPS) is 21.3. The molecule has 6 saturated heterocycles. The summed E-state index contributed by atoms with van der Waals surface area (Å²) in [4.78, 5) is 69.1. The van der Waals surface area contributed by atoms with Gasteiger partial charge in [0.15, 0.2) is 16.9 Å². The van der Waals surface area contributed by atoms with Crippen molar-refractivity contribution in [2.75, 3.05) is 73.6 Å². The van der Waals surface area contributed by atoms with Crippen LogP contribution in [-0.4, -0.2) is 144 Å². The van der Waals surface area contributed by atoms with Crippen LogP contribution in [0.3, 0.4) is 0 Å². The van der Waals surface area contributed by atoms with E-state index in [1.807, 2.05) is 128 Å². The second kappa shape index (κ2) is 28.4. The average Bonchev–Trinajstić information content (AvgIpc) is 1.64.